The van der Waals surface area contributed by atoms with Gasteiger partial charge in [0.1, 0.15) is 35.7 Å². The first-order chi connectivity index (χ1) is 20.8. The van der Waals surface area contributed by atoms with Crippen LogP contribution in [0.3, 0.4) is 0 Å². The third kappa shape index (κ3) is 4.86. The lowest BCUT2D eigenvalue weighted by molar-refractivity contribution is 0.0996. The summed E-state index contributed by atoms with van der Waals surface area (Å²) in [4.78, 5) is 29.4. The molecule has 2 N–H and O–H groups in total. The topological polar surface area (TPSA) is 102 Å². The van der Waals surface area contributed by atoms with E-state index in [4.69, 9.17) is 14.7 Å². The van der Waals surface area contributed by atoms with E-state index in [9.17, 15) is 23.8 Å². The smallest absolute Gasteiger partial charge is 0.318 e. The van der Waals surface area contributed by atoms with Gasteiger partial charge in [0.05, 0.1) is 29.6 Å². The van der Waals surface area contributed by atoms with Crippen LogP contribution in [0.1, 0.15) is 67.1 Å². The Kier molecular flexibility index (Phi) is 7.12. The molecule has 3 atom stereocenters. The van der Waals surface area contributed by atoms with Gasteiger partial charge in [0, 0.05) is 37.5 Å². The van der Waals surface area contributed by atoms with Gasteiger partial charge in [0.2, 0.25) is 0 Å². The summed E-state index contributed by atoms with van der Waals surface area (Å²) in [5, 5.41) is 22.1. The van der Waals surface area contributed by atoms with E-state index in [1.54, 1.807) is 12.1 Å². The number of aromatic hydroxyl groups is 1. The molecule has 5 heterocycles. The third-order valence-corrected chi connectivity index (χ3v) is 9.72. The summed E-state index contributed by atoms with van der Waals surface area (Å²) in [6, 6.07) is 6.20. The Bertz CT molecular complexity index is 1590. The average molecular weight is 594 g/mol. The summed E-state index contributed by atoms with van der Waals surface area (Å²) in [5.74, 6) is -0.285. The molecule has 4 aliphatic heterocycles. The van der Waals surface area contributed by atoms with Gasteiger partial charge in [-0.3, -0.25) is 9.69 Å². The molecule has 11 heteroatoms. The van der Waals surface area contributed by atoms with Crippen molar-refractivity contribution in [2.75, 3.05) is 42.6 Å². The van der Waals surface area contributed by atoms with E-state index < -0.39 is 12.3 Å². The molecule has 228 valence electrons. The molecule has 0 spiro atoms. The molecule has 43 heavy (non-hydrogen) atoms. The van der Waals surface area contributed by atoms with Crippen molar-refractivity contribution in [2.24, 2.45) is 0 Å². The first-order valence-corrected chi connectivity index (χ1v) is 15.4. The highest BCUT2D eigenvalue weighted by atomic mass is 19.1. The lowest BCUT2D eigenvalue weighted by Gasteiger charge is -2.31. The third-order valence-electron chi connectivity index (χ3n) is 9.72. The number of hydrogen-bond donors (Lipinski definition) is 2. The fourth-order valence-electron chi connectivity index (χ4n) is 7.62. The number of alkyl halides is 1. The Balaban J connectivity index is 1.29. The fourth-order valence-corrected chi connectivity index (χ4v) is 7.62. The van der Waals surface area contributed by atoms with Crippen LogP contribution in [0.15, 0.2) is 24.3 Å². The molecule has 1 amide bonds. The van der Waals surface area contributed by atoms with Crippen LogP contribution in [0.25, 0.3) is 10.8 Å². The highest BCUT2D eigenvalue weighted by Gasteiger charge is 2.49. The zero-order chi connectivity index (χ0) is 29.9. The van der Waals surface area contributed by atoms with Gasteiger partial charge in [0.15, 0.2) is 0 Å². The Morgan fingerprint density at radius 1 is 1.14 bits per heavy atom. The van der Waals surface area contributed by atoms with Gasteiger partial charge in [-0.05, 0) is 68.2 Å². The summed E-state index contributed by atoms with van der Waals surface area (Å²) in [5.41, 5.74) is 1.33. The van der Waals surface area contributed by atoms with Crippen LogP contribution in [0.5, 0.6) is 11.8 Å². The maximum Gasteiger partial charge on any atom is 0.318 e. The van der Waals surface area contributed by atoms with Crippen molar-refractivity contribution >= 4 is 28.2 Å². The number of aliphatic hydroxyl groups excluding tert-OH is 1. The van der Waals surface area contributed by atoms with E-state index in [-0.39, 0.29) is 42.2 Å². The first kappa shape index (κ1) is 28.2. The quantitative estimate of drug-likeness (QED) is 0.431. The second-order valence-electron chi connectivity index (χ2n) is 12.4. The van der Waals surface area contributed by atoms with Crippen LogP contribution in [0.4, 0.5) is 20.3 Å². The van der Waals surface area contributed by atoms with Gasteiger partial charge in [-0.25, -0.2) is 8.78 Å². The molecule has 0 aliphatic carbocycles. The molecule has 3 aromatic rings. The monoisotopic (exact) mass is 593 g/mol. The zero-order valence-corrected chi connectivity index (χ0v) is 24.4. The summed E-state index contributed by atoms with van der Waals surface area (Å²) in [7, 11) is 0. The van der Waals surface area contributed by atoms with Crippen molar-refractivity contribution in [1.82, 2.24) is 14.9 Å². The number of hydrogen-bond acceptors (Lipinski definition) is 8. The molecule has 2 aromatic carbocycles. The molecule has 3 fully saturated rings. The summed E-state index contributed by atoms with van der Waals surface area (Å²) in [6.45, 7) is 4.59. The zero-order valence-electron chi connectivity index (χ0n) is 24.4. The number of amides is 1. The minimum absolute atomic E-state index is 0.0279. The molecule has 0 saturated carbocycles. The highest BCUT2D eigenvalue weighted by Crippen LogP contribution is 2.43. The predicted octanol–water partition coefficient (Wildman–Crippen LogP) is 4.50. The number of nitrogens with zero attached hydrogens (tertiary/aromatic N) is 5. The van der Waals surface area contributed by atoms with E-state index in [2.05, 4.69) is 4.90 Å². The van der Waals surface area contributed by atoms with Crippen LogP contribution in [-0.4, -0.2) is 81.6 Å². The Labute approximate surface area is 249 Å². The Morgan fingerprint density at radius 2 is 2.00 bits per heavy atom. The van der Waals surface area contributed by atoms with Gasteiger partial charge in [-0.15, -0.1) is 0 Å². The number of carbonyl (C=O) groups excluding carboxylic acids is 1. The van der Waals surface area contributed by atoms with Gasteiger partial charge in [-0.1, -0.05) is 13.0 Å². The molecular weight excluding hydrogens is 556 g/mol. The normalized spacial score (nSPS) is 25.8. The molecule has 4 aliphatic rings. The molecule has 3 saturated heterocycles. The summed E-state index contributed by atoms with van der Waals surface area (Å²) >= 11 is 0. The van der Waals surface area contributed by atoms with Crippen LogP contribution >= 0.6 is 0 Å². The molecule has 0 radical (unpaired) electrons. The standard InChI is InChI=1S/C32H37F2N5O4/c1-2-23-24(34)7-6-19-13-22(41)14-26(27(19)23)39-17-25-28(30(39)42)29(37-10-3-5-21(40)8-12-37)36-31(35-25)43-18-32-9-4-11-38(32)16-20(33)15-32/h6-7,13-14,20-21,40-41H,2-5,8-12,15-18H2,1H3. The number of fused-ring (bicyclic) bond motifs is 3. The number of benzene rings is 2. The van der Waals surface area contributed by atoms with E-state index in [0.29, 0.717) is 84.4 Å². The average Bonchev–Trinajstić information content (AvgIpc) is 3.56. The molecular formula is C32H37F2N5O4. The van der Waals surface area contributed by atoms with Gasteiger partial charge < -0.3 is 24.7 Å². The number of phenols is 1. The Morgan fingerprint density at radius 3 is 2.84 bits per heavy atom. The second kappa shape index (κ2) is 10.9. The lowest BCUT2D eigenvalue weighted by Crippen LogP contribution is -2.43. The van der Waals surface area contributed by atoms with Crippen LogP contribution in [0, 0.1) is 5.82 Å². The number of aliphatic hydroxyl groups is 1. The number of ether oxygens (including phenoxy) is 1. The molecule has 9 nitrogen and oxygen atoms in total. The van der Waals surface area contributed by atoms with Gasteiger partial charge >= 0.3 is 6.01 Å². The van der Waals surface area contributed by atoms with Gasteiger partial charge in [0.25, 0.3) is 5.91 Å². The van der Waals surface area contributed by atoms with E-state index in [1.165, 1.54) is 17.0 Å². The molecule has 1 aromatic heterocycles. The second-order valence-corrected chi connectivity index (χ2v) is 12.4. The number of phenolic OH excluding ortho intramolecular Hbond substituents is 1. The van der Waals surface area contributed by atoms with Crippen molar-refractivity contribution in [3.05, 3.63) is 46.9 Å². The highest BCUT2D eigenvalue weighted by molar-refractivity contribution is 6.16. The fraction of sp³-hybridized carbons (Fsp3) is 0.531. The maximum atomic E-state index is 14.9. The van der Waals surface area contributed by atoms with Crippen molar-refractivity contribution < 1.29 is 28.5 Å². The van der Waals surface area contributed by atoms with Crippen LogP contribution in [-0.2, 0) is 13.0 Å². The SMILES string of the molecule is CCc1c(F)ccc2cc(O)cc(N3Cc4nc(OCC56CCCN5CC(F)C6)nc(N5CCCC(O)CC5)c4C3=O)c12. The number of aromatic nitrogens is 2. The number of aryl methyl sites for hydroxylation is 1. The van der Waals surface area contributed by atoms with E-state index in [1.807, 2.05) is 11.8 Å². The minimum Gasteiger partial charge on any atom is -0.508 e. The maximum absolute atomic E-state index is 14.9. The number of carbonyl (C=O) groups is 1. The molecule has 0 bridgehead atoms. The van der Waals surface area contributed by atoms with Crippen molar-refractivity contribution in [2.45, 2.75) is 76.2 Å². The number of rotatable bonds is 6. The number of halogens is 2. The van der Waals surface area contributed by atoms with E-state index >= 15 is 0 Å². The number of anilines is 2. The van der Waals surface area contributed by atoms with Crippen molar-refractivity contribution in [3.8, 4) is 11.8 Å². The predicted molar refractivity (Wildman–Crippen MR) is 158 cm³/mol. The summed E-state index contributed by atoms with van der Waals surface area (Å²) < 4.78 is 35.6. The first-order valence-electron chi connectivity index (χ1n) is 15.4. The van der Waals surface area contributed by atoms with Gasteiger partial charge in [-0.2, -0.15) is 9.97 Å². The molecule has 3 unspecified atom stereocenters. The Hall–Kier alpha value is -3.57. The van der Waals surface area contributed by atoms with E-state index in [0.717, 1.165) is 25.8 Å². The minimum atomic E-state index is -0.884. The van der Waals surface area contributed by atoms with Crippen LogP contribution in [0.2, 0.25) is 0 Å². The molecule has 7 rings (SSSR count). The lowest BCUT2D eigenvalue weighted by atomic mass is 9.95. The largest absolute Gasteiger partial charge is 0.508 e. The summed E-state index contributed by atoms with van der Waals surface area (Å²) in [6.07, 6.45) is 3.30. The van der Waals surface area contributed by atoms with Crippen LogP contribution < -0.4 is 14.5 Å². The van der Waals surface area contributed by atoms with Crippen molar-refractivity contribution in [3.63, 3.8) is 0 Å². The van der Waals surface area contributed by atoms with Crippen molar-refractivity contribution in [1.29, 1.82) is 0 Å².